The standard InChI is InChI=1S/C16H19N3O3/c1-21-12-6-4-11(5-7-12)14-9-15(20)19-16(18-14)17-10-13-3-2-8-22-13/h4-7,9,13H,2-3,8,10H2,1H3,(H2,17,18,19,20). The largest absolute Gasteiger partial charge is 0.497 e. The molecular weight excluding hydrogens is 282 g/mol. The van der Waals surface area contributed by atoms with Crippen molar-refractivity contribution in [1.29, 1.82) is 0 Å². The Hall–Kier alpha value is -2.34. The van der Waals surface area contributed by atoms with E-state index < -0.39 is 0 Å². The maximum atomic E-state index is 11.8. The molecular formula is C16H19N3O3. The van der Waals surface area contributed by atoms with E-state index in [1.807, 2.05) is 24.3 Å². The Bertz CT molecular complexity index is 676. The second-order valence-corrected chi connectivity index (χ2v) is 5.22. The van der Waals surface area contributed by atoms with Gasteiger partial charge in [-0.2, -0.15) is 0 Å². The van der Waals surface area contributed by atoms with E-state index in [9.17, 15) is 4.79 Å². The van der Waals surface area contributed by atoms with Crippen molar-refractivity contribution in [1.82, 2.24) is 9.97 Å². The second kappa shape index (κ2) is 6.62. The molecule has 2 heterocycles. The third-order valence-corrected chi connectivity index (χ3v) is 3.65. The molecule has 0 spiro atoms. The van der Waals surface area contributed by atoms with Crippen LogP contribution in [-0.2, 0) is 4.74 Å². The molecule has 6 heteroatoms. The lowest BCUT2D eigenvalue weighted by Crippen LogP contribution is -2.21. The summed E-state index contributed by atoms with van der Waals surface area (Å²) in [6.07, 6.45) is 2.31. The number of hydrogen-bond acceptors (Lipinski definition) is 5. The van der Waals surface area contributed by atoms with E-state index >= 15 is 0 Å². The number of aromatic amines is 1. The minimum Gasteiger partial charge on any atom is -0.497 e. The molecule has 2 aromatic rings. The van der Waals surface area contributed by atoms with Crippen LogP contribution in [0.2, 0.25) is 0 Å². The maximum absolute atomic E-state index is 11.8. The van der Waals surface area contributed by atoms with E-state index in [0.29, 0.717) is 18.2 Å². The zero-order valence-electron chi connectivity index (χ0n) is 12.5. The molecule has 22 heavy (non-hydrogen) atoms. The van der Waals surface area contributed by atoms with Gasteiger partial charge in [-0.05, 0) is 37.1 Å². The maximum Gasteiger partial charge on any atom is 0.252 e. The van der Waals surface area contributed by atoms with Crippen LogP contribution >= 0.6 is 0 Å². The second-order valence-electron chi connectivity index (χ2n) is 5.22. The zero-order valence-corrected chi connectivity index (χ0v) is 12.5. The number of methoxy groups -OCH3 is 1. The van der Waals surface area contributed by atoms with Crippen molar-refractivity contribution in [2.45, 2.75) is 18.9 Å². The molecule has 0 bridgehead atoms. The summed E-state index contributed by atoms with van der Waals surface area (Å²) in [5.41, 5.74) is 1.31. The predicted octanol–water partition coefficient (Wildman–Crippen LogP) is 2.04. The molecule has 1 aromatic carbocycles. The molecule has 0 radical (unpaired) electrons. The van der Waals surface area contributed by atoms with Crippen molar-refractivity contribution in [3.8, 4) is 17.0 Å². The molecule has 1 saturated heterocycles. The molecule has 1 unspecified atom stereocenters. The molecule has 1 aliphatic rings. The number of anilines is 1. The smallest absolute Gasteiger partial charge is 0.252 e. The molecule has 1 atom stereocenters. The molecule has 1 aromatic heterocycles. The first-order chi connectivity index (χ1) is 10.7. The van der Waals surface area contributed by atoms with Crippen LogP contribution in [0, 0.1) is 0 Å². The molecule has 3 rings (SSSR count). The summed E-state index contributed by atoms with van der Waals surface area (Å²) in [5.74, 6) is 1.24. The van der Waals surface area contributed by atoms with E-state index in [4.69, 9.17) is 9.47 Å². The Morgan fingerprint density at radius 2 is 2.23 bits per heavy atom. The van der Waals surface area contributed by atoms with Gasteiger partial charge in [-0.1, -0.05) is 0 Å². The lowest BCUT2D eigenvalue weighted by Gasteiger charge is -2.11. The molecule has 6 nitrogen and oxygen atoms in total. The number of rotatable bonds is 5. The van der Waals surface area contributed by atoms with Gasteiger partial charge in [0.15, 0.2) is 0 Å². The number of aromatic nitrogens is 2. The monoisotopic (exact) mass is 301 g/mol. The fourth-order valence-electron chi connectivity index (χ4n) is 2.47. The van der Waals surface area contributed by atoms with Crippen LogP contribution in [0.5, 0.6) is 5.75 Å². The van der Waals surface area contributed by atoms with Crippen molar-refractivity contribution >= 4 is 5.95 Å². The van der Waals surface area contributed by atoms with Crippen LogP contribution in [0.3, 0.4) is 0 Å². The first-order valence-electron chi connectivity index (χ1n) is 7.36. The van der Waals surface area contributed by atoms with Crippen LogP contribution in [0.25, 0.3) is 11.3 Å². The fraction of sp³-hybridized carbons (Fsp3) is 0.375. The Morgan fingerprint density at radius 1 is 1.41 bits per heavy atom. The predicted molar refractivity (Wildman–Crippen MR) is 84.3 cm³/mol. The number of nitrogens with one attached hydrogen (secondary N) is 2. The summed E-state index contributed by atoms with van der Waals surface area (Å²) < 4.78 is 10.7. The van der Waals surface area contributed by atoms with Gasteiger partial charge in [0.1, 0.15) is 5.75 Å². The average Bonchev–Trinajstić information content (AvgIpc) is 3.06. The Balaban J connectivity index is 1.77. The summed E-state index contributed by atoms with van der Waals surface area (Å²) in [7, 11) is 1.62. The van der Waals surface area contributed by atoms with Gasteiger partial charge in [0.25, 0.3) is 5.56 Å². The van der Waals surface area contributed by atoms with Gasteiger partial charge in [0.2, 0.25) is 5.95 Å². The summed E-state index contributed by atoms with van der Waals surface area (Å²) in [6.45, 7) is 1.46. The third kappa shape index (κ3) is 3.46. The Kier molecular flexibility index (Phi) is 4.39. The highest BCUT2D eigenvalue weighted by Gasteiger charge is 2.15. The fourth-order valence-corrected chi connectivity index (χ4v) is 2.47. The van der Waals surface area contributed by atoms with Crippen molar-refractivity contribution in [2.24, 2.45) is 0 Å². The SMILES string of the molecule is COc1ccc(-c2cc(=O)[nH]c(NCC3CCCO3)n2)cc1. The van der Waals surface area contributed by atoms with Gasteiger partial charge < -0.3 is 14.8 Å². The summed E-state index contributed by atoms with van der Waals surface area (Å²) in [5, 5.41) is 3.14. The van der Waals surface area contributed by atoms with E-state index in [2.05, 4.69) is 15.3 Å². The first-order valence-corrected chi connectivity index (χ1v) is 7.36. The topological polar surface area (TPSA) is 76.2 Å². The third-order valence-electron chi connectivity index (χ3n) is 3.65. The van der Waals surface area contributed by atoms with Gasteiger partial charge in [-0.25, -0.2) is 4.98 Å². The number of hydrogen-bond donors (Lipinski definition) is 2. The normalized spacial score (nSPS) is 17.4. The molecule has 1 fully saturated rings. The Morgan fingerprint density at radius 3 is 2.91 bits per heavy atom. The van der Waals surface area contributed by atoms with Crippen LogP contribution in [0.1, 0.15) is 12.8 Å². The summed E-state index contributed by atoms with van der Waals surface area (Å²) >= 11 is 0. The zero-order chi connectivity index (χ0) is 15.4. The van der Waals surface area contributed by atoms with Crippen LogP contribution in [0.4, 0.5) is 5.95 Å². The molecule has 0 aliphatic carbocycles. The van der Waals surface area contributed by atoms with Gasteiger partial charge in [-0.3, -0.25) is 9.78 Å². The molecule has 1 aliphatic heterocycles. The van der Waals surface area contributed by atoms with E-state index in [1.54, 1.807) is 7.11 Å². The van der Waals surface area contributed by atoms with Crippen molar-refractivity contribution in [3.05, 3.63) is 40.7 Å². The number of ether oxygens (including phenoxy) is 2. The minimum absolute atomic E-state index is 0.185. The van der Waals surface area contributed by atoms with Gasteiger partial charge in [0.05, 0.1) is 18.9 Å². The van der Waals surface area contributed by atoms with Crippen LogP contribution < -0.4 is 15.6 Å². The van der Waals surface area contributed by atoms with E-state index in [1.165, 1.54) is 6.07 Å². The van der Waals surface area contributed by atoms with Crippen LogP contribution in [0.15, 0.2) is 35.1 Å². The summed E-state index contributed by atoms with van der Waals surface area (Å²) in [4.78, 5) is 19.0. The highest BCUT2D eigenvalue weighted by Crippen LogP contribution is 2.20. The number of nitrogens with zero attached hydrogens (tertiary/aromatic N) is 1. The van der Waals surface area contributed by atoms with Crippen molar-refractivity contribution in [2.75, 3.05) is 25.6 Å². The van der Waals surface area contributed by atoms with Crippen molar-refractivity contribution in [3.63, 3.8) is 0 Å². The van der Waals surface area contributed by atoms with Crippen LogP contribution in [-0.4, -0.2) is 36.3 Å². The molecule has 2 N–H and O–H groups in total. The highest BCUT2D eigenvalue weighted by atomic mass is 16.5. The van der Waals surface area contributed by atoms with Gasteiger partial charge in [-0.15, -0.1) is 0 Å². The Labute approximate surface area is 128 Å². The molecule has 0 saturated carbocycles. The molecule has 116 valence electrons. The summed E-state index contributed by atoms with van der Waals surface area (Å²) in [6, 6.07) is 8.93. The van der Waals surface area contributed by atoms with Crippen molar-refractivity contribution < 1.29 is 9.47 Å². The van der Waals surface area contributed by atoms with E-state index in [-0.39, 0.29) is 11.7 Å². The average molecular weight is 301 g/mol. The molecule has 0 amide bonds. The quantitative estimate of drug-likeness (QED) is 0.884. The van der Waals surface area contributed by atoms with E-state index in [0.717, 1.165) is 30.8 Å². The number of H-pyrrole nitrogens is 1. The van der Waals surface area contributed by atoms with Gasteiger partial charge >= 0.3 is 0 Å². The lowest BCUT2D eigenvalue weighted by atomic mass is 10.1. The van der Waals surface area contributed by atoms with Gasteiger partial charge in [0, 0.05) is 24.8 Å². The lowest BCUT2D eigenvalue weighted by molar-refractivity contribution is 0.120. The number of benzene rings is 1. The highest BCUT2D eigenvalue weighted by molar-refractivity contribution is 5.60. The first kappa shape index (κ1) is 14.6. The minimum atomic E-state index is -0.185.